The lowest BCUT2D eigenvalue weighted by Gasteiger charge is -2.29. The van der Waals surface area contributed by atoms with Crippen molar-refractivity contribution in [2.75, 3.05) is 26.2 Å². The summed E-state index contributed by atoms with van der Waals surface area (Å²) in [5.74, 6) is 1.59. The van der Waals surface area contributed by atoms with Crippen molar-refractivity contribution in [3.8, 4) is 17.4 Å². The van der Waals surface area contributed by atoms with Crippen molar-refractivity contribution in [1.82, 2.24) is 15.2 Å². The van der Waals surface area contributed by atoms with Crippen LogP contribution in [0, 0.1) is 0 Å². The van der Waals surface area contributed by atoms with Gasteiger partial charge in [-0.25, -0.2) is 4.98 Å². The average Bonchev–Trinajstić information content (AvgIpc) is 3.35. The van der Waals surface area contributed by atoms with Crippen molar-refractivity contribution in [3.05, 3.63) is 83.5 Å². The number of nitrogens with zero attached hydrogens (tertiary/aromatic N) is 2. The van der Waals surface area contributed by atoms with Crippen LogP contribution in [0.3, 0.4) is 0 Å². The quantitative estimate of drug-likeness (QED) is 0.503. The van der Waals surface area contributed by atoms with Gasteiger partial charge in [-0.1, -0.05) is 35.9 Å². The minimum absolute atomic E-state index is 0.0539. The standard InChI is InChI=1S/C25H26ClN3O3/c26-22-8-2-1-7-21(22)23(29-15-5-6-16-29)17-28-24(30)18-31-19-10-12-20(13-11-19)32-25-9-3-4-14-27-25/h1-4,7-14,23H,5-6,15-18H2,(H,28,30)/t23-/m1/s1. The Labute approximate surface area is 193 Å². The van der Waals surface area contributed by atoms with E-state index in [4.69, 9.17) is 21.1 Å². The Bertz CT molecular complexity index is 1010. The van der Waals surface area contributed by atoms with Gasteiger partial charge in [-0.3, -0.25) is 9.69 Å². The van der Waals surface area contributed by atoms with Crippen molar-refractivity contribution in [2.45, 2.75) is 18.9 Å². The van der Waals surface area contributed by atoms with Crippen molar-refractivity contribution >= 4 is 17.5 Å². The normalized spacial score (nSPS) is 14.7. The van der Waals surface area contributed by atoms with Crippen LogP contribution in [0.5, 0.6) is 17.4 Å². The largest absolute Gasteiger partial charge is 0.484 e. The summed E-state index contributed by atoms with van der Waals surface area (Å²) in [5, 5.41) is 3.73. The molecule has 0 aliphatic carbocycles. The van der Waals surface area contributed by atoms with Gasteiger partial charge in [0, 0.05) is 23.8 Å². The van der Waals surface area contributed by atoms with E-state index in [-0.39, 0.29) is 18.6 Å². The molecule has 1 saturated heterocycles. The van der Waals surface area contributed by atoms with Crippen LogP contribution in [0.1, 0.15) is 24.4 Å². The molecule has 0 spiro atoms. The van der Waals surface area contributed by atoms with Crippen LogP contribution in [0.4, 0.5) is 0 Å². The first-order valence-electron chi connectivity index (χ1n) is 10.8. The van der Waals surface area contributed by atoms with Crippen LogP contribution >= 0.6 is 11.6 Å². The maximum absolute atomic E-state index is 12.4. The summed E-state index contributed by atoms with van der Waals surface area (Å²) in [6.07, 6.45) is 4.00. The second-order valence-electron chi connectivity index (χ2n) is 7.61. The highest BCUT2D eigenvalue weighted by atomic mass is 35.5. The lowest BCUT2D eigenvalue weighted by Crippen LogP contribution is -2.38. The fourth-order valence-corrected chi connectivity index (χ4v) is 4.04. The zero-order valence-electron chi connectivity index (χ0n) is 17.7. The summed E-state index contributed by atoms with van der Waals surface area (Å²) in [4.78, 5) is 18.9. The summed E-state index contributed by atoms with van der Waals surface area (Å²) < 4.78 is 11.3. The zero-order valence-corrected chi connectivity index (χ0v) is 18.5. The Morgan fingerprint density at radius 1 is 1.00 bits per heavy atom. The SMILES string of the molecule is O=C(COc1ccc(Oc2ccccn2)cc1)NC[C@H](c1ccccc1Cl)N1CCCC1. The lowest BCUT2D eigenvalue weighted by molar-refractivity contribution is -0.123. The summed E-state index contributed by atoms with van der Waals surface area (Å²) in [6.45, 7) is 2.45. The van der Waals surface area contributed by atoms with Crippen LogP contribution in [0.2, 0.25) is 5.02 Å². The average molecular weight is 452 g/mol. The molecule has 0 unspecified atom stereocenters. The van der Waals surface area contributed by atoms with E-state index in [2.05, 4.69) is 15.2 Å². The molecule has 7 heteroatoms. The molecule has 32 heavy (non-hydrogen) atoms. The van der Waals surface area contributed by atoms with Gasteiger partial charge in [0.25, 0.3) is 5.91 Å². The van der Waals surface area contributed by atoms with Gasteiger partial charge in [-0.15, -0.1) is 0 Å². The minimum Gasteiger partial charge on any atom is -0.484 e. The van der Waals surface area contributed by atoms with Gasteiger partial charge in [0.2, 0.25) is 5.88 Å². The summed E-state index contributed by atoms with van der Waals surface area (Å²) in [5.41, 5.74) is 1.04. The highest BCUT2D eigenvalue weighted by molar-refractivity contribution is 6.31. The van der Waals surface area contributed by atoms with Crippen LogP contribution < -0.4 is 14.8 Å². The number of hydrogen-bond donors (Lipinski definition) is 1. The maximum Gasteiger partial charge on any atom is 0.258 e. The second kappa shape index (κ2) is 11.0. The van der Waals surface area contributed by atoms with Crippen molar-refractivity contribution < 1.29 is 14.3 Å². The molecule has 0 bridgehead atoms. The third kappa shape index (κ3) is 5.99. The highest BCUT2D eigenvalue weighted by Crippen LogP contribution is 2.29. The third-order valence-corrected chi connectivity index (χ3v) is 5.74. The van der Waals surface area contributed by atoms with Crippen LogP contribution in [0.15, 0.2) is 72.9 Å². The van der Waals surface area contributed by atoms with E-state index < -0.39 is 0 Å². The minimum atomic E-state index is -0.171. The van der Waals surface area contributed by atoms with E-state index in [1.165, 1.54) is 0 Å². The Kier molecular flexibility index (Phi) is 7.59. The Hall–Kier alpha value is -3.09. The zero-order chi connectivity index (χ0) is 22.2. The van der Waals surface area contributed by atoms with Crippen molar-refractivity contribution in [3.63, 3.8) is 0 Å². The molecule has 3 aromatic rings. The number of benzene rings is 2. The number of nitrogens with one attached hydrogen (secondary N) is 1. The molecule has 1 aliphatic heterocycles. The molecular weight excluding hydrogens is 426 g/mol. The molecule has 1 aromatic heterocycles. The summed E-state index contributed by atoms with van der Waals surface area (Å²) >= 11 is 6.44. The van der Waals surface area contributed by atoms with Crippen LogP contribution in [0.25, 0.3) is 0 Å². The molecule has 6 nitrogen and oxygen atoms in total. The molecule has 1 fully saturated rings. The van der Waals surface area contributed by atoms with Gasteiger partial charge in [-0.2, -0.15) is 0 Å². The maximum atomic E-state index is 12.4. The third-order valence-electron chi connectivity index (χ3n) is 5.39. The molecule has 1 amide bonds. The first kappa shape index (κ1) is 22.1. The fourth-order valence-electron chi connectivity index (χ4n) is 3.78. The van der Waals surface area contributed by atoms with E-state index in [1.54, 1.807) is 36.5 Å². The molecule has 0 radical (unpaired) electrons. The Morgan fingerprint density at radius 3 is 2.44 bits per heavy atom. The highest BCUT2D eigenvalue weighted by Gasteiger charge is 2.25. The van der Waals surface area contributed by atoms with Crippen molar-refractivity contribution in [1.29, 1.82) is 0 Å². The van der Waals surface area contributed by atoms with Gasteiger partial charge < -0.3 is 14.8 Å². The van der Waals surface area contributed by atoms with Crippen LogP contribution in [-0.2, 0) is 4.79 Å². The topological polar surface area (TPSA) is 63.7 Å². The van der Waals surface area contributed by atoms with E-state index in [0.717, 1.165) is 36.5 Å². The van der Waals surface area contributed by atoms with Gasteiger partial charge >= 0.3 is 0 Å². The predicted molar refractivity (Wildman–Crippen MR) is 124 cm³/mol. The number of likely N-dealkylation sites (tertiary alicyclic amines) is 1. The molecule has 166 valence electrons. The first-order chi connectivity index (χ1) is 15.7. The molecule has 2 aromatic carbocycles. The van der Waals surface area contributed by atoms with E-state index >= 15 is 0 Å². The van der Waals surface area contributed by atoms with E-state index in [0.29, 0.717) is 23.9 Å². The number of hydrogen-bond acceptors (Lipinski definition) is 5. The first-order valence-corrected chi connectivity index (χ1v) is 11.1. The smallest absolute Gasteiger partial charge is 0.258 e. The monoisotopic (exact) mass is 451 g/mol. The molecule has 1 N–H and O–H groups in total. The second-order valence-corrected chi connectivity index (χ2v) is 8.02. The number of aromatic nitrogens is 1. The van der Waals surface area contributed by atoms with E-state index in [9.17, 15) is 4.79 Å². The van der Waals surface area contributed by atoms with Gasteiger partial charge in [0.15, 0.2) is 6.61 Å². The molecule has 1 atom stereocenters. The number of carbonyl (C=O) groups excluding carboxylic acids is 1. The summed E-state index contributed by atoms with van der Waals surface area (Å²) in [7, 11) is 0. The van der Waals surface area contributed by atoms with Crippen molar-refractivity contribution in [2.24, 2.45) is 0 Å². The van der Waals surface area contributed by atoms with Crippen LogP contribution in [-0.4, -0.2) is 42.0 Å². The number of carbonyl (C=O) groups is 1. The molecule has 2 heterocycles. The Morgan fingerprint density at radius 2 is 1.72 bits per heavy atom. The molecule has 1 aliphatic rings. The van der Waals surface area contributed by atoms with E-state index in [1.807, 2.05) is 36.4 Å². The number of rotatable bonds is 9. The fraction of sp³-hybridized carbons (Fsp3) is 0.280. The van der Waals surface area contributed by atoms with Gasteiger partial charge in [-0.05, 0) is 67.9 Å². The number of halogens is 1. The lowest BCUT2D eigenvalue weighted by atomic mass is 10.1. The van der Waals surface area contributed by atoms with Gasteiger partial charge in [0.05, 0.1) is 6.04 Å². The van der Waals surface area contributed by atoms with Gasteiger partial charge in [0.1, 0.15) is 11.5 Å². The molecule has 0 saturated carbocycles. The number of pyridine rings is 1. The number of amides is 1. The molecular formula is C25H26ClN3O3. The number of ether oxygens (including phenoxy) is 2. The predicted octanol–water partition coefficient (Wildman–Crippen LogP) is 4.86. The Balaban J connectivity index is 1.28. The molecule has 4 rings (SSSR count). The summed E-state index contributed by atoms with van der Waals surface area (Å²) in [6, 6.07) is 20.5.